The van der Waals surface area contributed by atoms with Gasteiger partial charge in [0.1, 0.15) is 0 Å². The van der Waals surface area contributed by atoms with E-state index in [2.05, 4.69) is 57.3 Å². The maximum atomic E-state index is 3.58. The fraction of sp³-hybridized carbons (Fsp3) is 0.692. The molecule has 0 saturated carbocycles. The molecule has 0 bridgehead atoms. The first-order valence-corrected chi connectivity index (χ1v) is 5.58. The second kappa shape index (κ2) is 4.79. The summed E-state index contributed by atoms with van der Waals surface area (Å²) >= 11 is 0. The summed E-state index contributed by atoms with van der Waals surface area (Å²) in [4.78, 5) is 0. The van der Waals surface area contributed by atoms with Crippen molar-refractivity contribution < 1.29 is 0 Å². The quantitative estimate of drug-likeness (QED) is 0.722. The summed E-state index contributed by atoms with van der Waals surface area (Å²) in [7, 11) is 0. The lowest BCUT2D eigenvalue weighted by atomic mass is 9.89. The zero-order valence-electron chi connectivity index (χ0n) is 9.88. The Bertz CT molecular complexity index is 208. The van der Waals surface area contributed by atoms with E-state index in [9.17, 15) is 0 Å². The molecule has 1 aliphatic rings. The summed E-state index contributed by atoms with van der Waals surface area (Å²) < 4.78 is 0. The van der Waals surface area contributed by atoms with Crippen molar-refractivity contribution in [1.82, 2.24) is 5.32 Å². The Morgan fingerprint density at radius 3 is 2.29 bits per heavy atom. The molecule has 0 heterocycles. The maximum absolute atomic E-state index is 3.58. The van der Waals surface area contributed by atoms with Gasteiger partial charge in [-0.1, -0.05) is 45.1 Å². The summed E-state index contributed by atoms with van der Waals surface area (Å²) in [6.45, 7) is 9.17. The molecule has 1 nitrogen and oxygen atoms in total. The molecule has 0 aromatic carbocycles. The van der Waals surface area contributed by atoms with E-state index < -0.39 is 0 Å². The van der Waals surface area contributed by atoms with Crippen molar-refractivity contribution in [3.05, 3.63) is 24.3 Å². The summed E-state index contributed by atoms with van der Waals surface area (Å²) in [5, 5.41) is 3.58. The number of rotatable bonds is 4. The summed E-state index contributed by atoms with van der Waals surface area (Å²) in [6, 6.07) is 1.07. The van der Waals surface area contributed by atoms with Crippen LogP contribution in [0.1, 0.15) is 40.5 Å². The van der Waals surface area contributed by atoms with Gasteiger partial charge in [0.2, 0.25) is 0 Å². The third kappa shape index (κ3) is 4.61. The molecule has 0 fully saturated rings. The van der Waals surface area contributed by atoms with Gasteiger partial charge in [0.15, 0.2) is 0 Å². The Kier molecular flexibility index (Phi) is 3.94. The molecule has 80 valence electrons. The van der Waals surface area contributed by atoms with Crippen molar-refractivity contribution in [3.63, 3.8) is 0 Å². The molecule has 0 radical (unpaired) electrons. The maximum Gasteiger partial charge on any atom is 0.0443 e. The van der Waals surface area contributed by atoms with Crippen LogP contribution >= 0.6 is 0 Å². The molecule has 1 unspecified atom stereocenters. The third-order valence-electron chi connectivity index (χ3n) is 2.55. The first kappa shape index (κ1) is 11.5. The number of nitrogens with one attached hydrogen (secondary N) is 1. The minimum atomic E-state index is 0.456. The lowest BCUT2D eigenvalue weighted by molar-refractivity contribution is 0.335. The molecule has 0 aromatic rings. The van der Waals surface area contributed by atoms with Crippen molar-refractivity contribution in [2.75, 3.05) is 0 Å². The Balaban J connectivity index is 2.19. The molecule has 0 aliphatic heterocycles. The highest BCUT2D eigenvalue weighted by Crippen LogP contribution is 2.21. The van der Waals surface area contributed by atoms with E-state index in [-0.39, 0.29) is 0 Å². The normalized spacial score (nSPS) is 19.1. The van der Waals surface area contributed by atoms with Crippen LogP contribution in [0.25, 0.3) is 0 Å². The van der Waals surface area contributed by atoms with Gasteiger partial charge in [-0.15, -0.1) is 0 Å². The minimum absolute atomic E-state index is 0.456. The Labute approximate surface area is 88.3 Å². The zero-order valence-corrected chi connectivity index (χ0v) is 9.88. The average molecular weight is 193 g/mol. The summed E-state index contributed by atoms with van der Waals surface area (Å²) in [6.07, 6.45) is 11.1. The molecule has 1 aliphatic carbocycles. The summed E-state index contributed by atoms with van der Waals surface area (Å²) in [5.74, 6) is 0. The van der Waals surface area contributed by atoms with Crippen molar-refractivity contribution >= 4 is 0 Å². The molecular weight excluding hydrogens is 170 g/mol. The van der Waals surface area contributed by atoms with Crippen LogP contribution in [-0.4, -0.2) is 12.1 Å². The van der Waals surface area contributed by atoms with E-state index in [1.807, 2.05) is 0 Å². The Morgan fingerprint density at radius 2 is 1.79 bits per heavy atom. The predicted octanol–water partition coefficient (Wildman–Crippen LogP) is 3.29. The van der Waals surface area contributed by atoms with Crippen molar-refractivity contribution in [1.29, 1.82) is 0 Å². The Morgan fingerprint density at radius 1 is 1.21 bits per heavy atom. The first-order chi connectivity index (χ1) is 6.47. The molecule has 0 spiro atoms. The molecule has 1 rings (SSSR count). The van der Waals surface area contributed by atoms with Crippen molar-refractivity contribution in [3.8, 4) is 0 Å². The number of hydrogen-bond acceptors (Lipinski definition) is 1. The van der Waals surface area contributed by atoms with Crippen molar-refractivity contribution in [2.45, 2.75) is 52.6 Å². The van der Waals surface area contributed by atoms with Crippen LogP contribution in [0.2, 0.25) is 0 Å². The van der Waals surface area contributed by atoms with Gasteiger partial charge in [0, 0.05) is 12.1 Å². The van der Waals surface area contributed by atoms with Gasteiger partial charge in [-0.05, 0) is 25.2 Å². The Hall–Kier alpha value is -0.560. The van der Waals surface area contributed by atoms with Crippen LogP contribution in [0.15, 0.2) is 24.3 Å². The van der Waals surface area contributed by atoms with Crippen molar-refractivity contribution in [2.24, 2.45) is 5.41 Å². The molecule has 0 aromatic heterocycles. The SMILES string of the molecule is CC(CCC(C)(C)C)NC1C=CC=C1. The van der Waals surface area contributed by atoms with E-state index in [4.69, 9.17) is 0 Å². The summed E-state index contributed by atoms with van der Waals surface area (Å²) in [5.41, 5.74) is 0.456. The van der Waals surface area contributed by atoms with Gasteiger partial charge >= 0.3 is 0 Å². The van der Waals surface area contributed by atoms with Gasteiger partial charge < -0.3 is 5.32 Å². The highest BCUT2D eigenvalue weighted by molar-refractivity contribution is 5.21. The fourth-order valence-electron chi connectivity index (χ4n) is 1.60. The molecule has 0 amide bonds. The highest BCUT2D eigenvalue weighted by atomic mass is 14.9. The number of allylic oxidation sites excluding steroid dienone is 2. The smallest absolute Gasteiger partial charge is 0.0443 e. The van der Waals surface area contributed by atoms with Crippen LogP contribution in [0.5, 0.6) is 0 Å². The lowest BCUT2D eigenvalue weighted by Gasteiger charge is -2.23. The molecule has 14 heavy (non-hydrogen) atoms. The molecule has 1 N–H and O–H groups in total. The predicted molar refractivity (Wildman–Crippen MR) is 63.4 cm³/mol. The van der Waals surface area contributed by atoms with Gasteiger partial charge in [-0.2, -0.15) is 0 Å². The van der Waals surface area contributed by atoms with E-state index in [1.54, 1.807) is 0 Å². The van der Waals surface area contributed by atoms with E-state index >= 15 is 0 Å². The van der Waals surface area contributed by atoms with Gasteiger partial charge in [-0.3, -0.25) is 0 Å². The topological polar surface area (TPSA) is 12.0 Å². The molecule has 0 saturated heterocycles. The average Bonchev–Trinajstić information content (AvgIpc) is 2.52. The van der Waals surface area contributed by atoms with Crippen LogP contribution < -0.4 is 5.32 Å². The third-order valence-corrected chi connectivity index (χ3v) is 2.55. The van der Waals surface area contributed by atoms with E-state index in [0.717, 1.165) is 0 Å². The van der Waals surface area contributed by atoms with E-state index in [0.29, 0.717) is 17.5 Å². The zero-order chi connectivity index (χ0) is 10.6. The second-order valence-corrected chi connectivity index (χ2v) is 5.46. The van der Waals surface area contributed by atoms with Crippen LogP contribution in [-0.2, 0) is 0 Å². The van der Waals surface area contributed by atoms with Crippen LogP contribution in [0, 0.1) is 5.41 Å². The van der Waals surface area contributed by atoms with Gasteiger partial charge in [0.25, 0.3) is 0 Å². The van der Waals surface area contributed by atoms with Crippen LogP contribution in [0.3, 0.4) is 0 Å². The molecular formula is C13H23N. The standard InChI is InChI=1S/C13H23N/c1-11(9-10-13(2,3)4)14-12-7-5-6-8-12/h5-8,11-12,14H,9-10H2,1-4H3. The monoisotopic (exact) mass is 193 g/mol. The number of hydrogen-bond donors (Lipinski definition) is 1. The highest BCUT2D eigenvalue weighted by Gasteiger charge is 2.13. The lowest BCUT2D eigenvalue weighted by Crippen LogP contribution is -2.33. The van der Waals surface area contributed by atoms with Crippen LogP contribution in [0.4, 0.5) is 0 Å². The first-order valence-electron chi connectivity index (χ1n) is 5.58. The molecule has 1 atom stereocenters. The van der Waals surface area contributed by atoms with Gasteiger partial charge in [-0.25, -0.2) is 0 Å². The molecule has 1 heteroatoms. The van der Waals surface area contributed by atoms with Gasteiger partial charge in [0.05, 0.1) is 0 Å². The van der Waals surface area contributed by atoms with E-state index in [1.165, 1.54) is 12.8 Å². The fourth-order valence-corrected chi connectivity index (χ4v) is 1.60. The largest absolute Gasteiger partial charge is 0.305 e. The second-order valence-electron chi connectivity index (χ2n) is 5.46. The minimum Gasteiger partial charge on any atom is -0.305 e.